The van der Waals surface area contributed by atoms with Gasteiger partial charge < -0.3 is 9.80 Å². The van der Waals surface area contributed by atoms with E-state index in [0.29, 0.717) is 5.92 Å². The van der Waals surface area contributed by atoms with Gasteiger partial charge in [0.2, 0.25) is 11.2 Å². The van der Waals surface area contributed by atoms with Crippen molar-refractivity contribution >= 4 is 29.0 Å². The molecule has 0 N–H and O–H groups in total. The molecule has 0 unspecified atom stereocenters. The van der Waals surface area contributed by atoms with Gasteiger partial charge in [0.25, 0.3) is 0 Å². The molecule has 0 saturated heterocycles. The van der Waals surface area contributed by atoms with Crippen LogP contribution >= 0.6 is 11.6 Å². The van der Waals surface area contributed by atoms with Gasteiger partial charge in [-0.3, -0.25) is 4.79 Å². The number of hydrogen-bond acceptors (Lipinski definition) is 4. The Bertz CT molecular complexity index is 492. The SMILES string of the molecule is CC(C)CCN1c2nc(Cl)ncc2N(C)C(=O)[C@H]1C. The number of rotatable bonds is 3. The van der Waals surface area contributed by atoms with E-state index in [1.54, 1.807) is 18.1 Å². The van der Waals surface area contributed by atoms with Crippen molar-refractivity contribution in [2.24, 2.45) is 5.92 Å². The fraction of sp³-hybridized carbons (Fsp3) is 0.615. The molecule has 1 aliphatic rings. The van der Waals surface area contributed by atoms with Crippen LogP contribution in [0.15, 0.2) is 6.20 Å². The van der Waals surface area contributed by atoms with Gasteiger partial charge in [-0.15, -0.1) is 0 Å². The van der Waals surface area contributed by atoms with Crippen molar-refractivity contribution in [1.82, 2.24) is 9.97 Å². The van der Waals surface area contributed by atoms with Crippen LogP contribution in [0.4, 0.5) is 11.5 Å². The van der Waals surface area contributed by atoms with Gasteiger partial charge in [-0.25, -0.2) is 4.98 Å². The summed E-state index contributed by atoms with van der Waals surface area (Å²) >= 11 is 5.88. The number of carbonyl (C=O) groups excluding carboxylic acids is 1. The molecule has 1 atom stereocenters. The average Bonchev–Trinajstić information content (AvgIpc) is 2.35. The van der Waals surface area contributed by atoms with Gasteiger partial charge in [0, 0.05) is 13.6 Å². The normalized spacial score (nSPS) is 19.1. The Morgan fingerprint density at radius 1 is 1.47 bits per heavy atom. The summed E-state index contributed by atoms with van der Waals surface area (Å²) in [6.07, 6.45) is 2.61. The predicted molar refractivity (Wildman–Crippen MR) is 76.7 cm³/mol. The summed E-state index contributed by atoms with van der Waals surface area (Å²) in [6, 6.07) is -0.220. The number of likely N-dealkylation sites (N-methyl/N-ethyl adjacent to an activating group) is 1. The third-order valence-corrected chi connectivity index (χ3v) is 3.64. The molecule has 104 valence electrons. The number of aromatic nitrogens is 2. The molecule has 0 spiro atoms. The number of amides is 1. The van der Waals surface area contributed by atoms with Crippen LogP contribution in [0.1, 0.15) is 27.2 Å². The molecule has 0 radical (unpaired) electrons. The molecule has 2 heterocycles. The van der Waals surface area contributed by atoms with Crippen LogP contribution in [0.25, 0.3) is 0 Å². The lowest BCUT2D eigenvalue weighted by Crippen LogP contribution is -2.51. The highest BCUT2D eigenvalue weighted by Gasteiger charge is 2.34. The Hall–Kier alpha value is -1.36. The van der Waals surface area contributed by atoms with Crippen LogP contribution in [0, 0.1) is 5.92 Å². The average molecular weight is 283 g/mol. The van der Waals surface area contributed by atoms with E-state index in [2.05, 4.69) is 23.8 Å². The Balaban J connectivity index is 2.39. The van der Waals surface area contributed by atoms with Crippen molar-refractivity contribution < 1.29 is 4.79 Å². The first-order valence-corrected chi connectivity index (χ1v) is 6.86. The number of nitrogens with zero attached hydrogens (tertiary/aromatic N) is 4. The molecule has 1 amide bonds. The number of carbonyl (C=O) groups is 1. The van der Waals surface area contributed by atoms with Crippen molar-refractivity contribution in [2.75, 3.05) is 23.4 Å². The number of hydrogen-bond donors (Lipinski definition) is 0. The molecule has 1 aromatic heterocycles. The lowest BCUT2D eigenvalue weighted by Gasteiger charge is -2.39. The van der Waals surface area contributed by atoms with E-state index in [0.717, 1.165) is 24.5 Å². The van der Waals surface area contributed by atoms with Gasteiger partial charge in [0.15, 0.2) is 5.82 Å². The summed E-state index contributed by atoms with van der Waals surface area (Å²) in [5.41, 5.74) is 0.719. The summed E-state index contributed by atoms with van der Waals surface area (Å²) in [4.78, 5) is 24.1. The zero-order valence-corrected chi connectivity index (χ0v) is 12.5. The van der Waals surface area contributed by atoms with E-state index in [9.17, 15) is 4.79 Å². The molecular formula is C13H19ClN4O. The first-order valence-electron chi connectivity index (χ1n) is 6.48. The molecule has 0 aromatic carbocycles. The first kappa shape index (κ1) is 14.1. The number of fused-ring (bicyclic) bond motifs is 1. The topological polar surface area (TPSA) is 49.3 Å². The fourth-order valence-corrected chi connectivity index (χ4v) is 2.34. The maximum atomic E-state index is 12.2. The molecular weight excluding hydrogens is 264 g/mol. The van der Waals surface area contributed by atoms with E-state index in [1.807, 2.05) is 11.8 Å². The highest BCUT2D eigenvalue weighted by molar-refractivity contribution is 6.28. The molecule has 0 aliphatic carbocycles. The van der Waals surface area contributed by atoms with Crippen LogP contribution < -0.4 is 9.80 Å². The maximum Gasteiger partial charge on any atom is 0.249 e. The summed E-state index contributed by atoms with van der Waals surface area (Å²) < 4.78 is 0. The molecule has 6 heteroatoms. The van der Waals surface area contributed by atoms with Crippen LogP contribution in [0.2, 0.25) is 5.28 Å². The second-order valence-corrected chi connectivity index (χ2v) is 5.64. The van der Waals surface area contributed by atoms with Gasteiger partial charge in [0.05, 0.1) is 6.20 Å². The predicted octanol–water partition coefficient (Wildman–Crippen LogP) is 2.35. The summed E-state index contributed by atoms with van der Waals surface area (Å²) in [7, 11) is 1.74. The Labute approximate surface area is 118 Å². The van der Waals surface area contributed by atoms with Crippen molar-refractivity contribution in [2.45, 2.75) is 33.2 Å². The molecule has 5 nitrogen and oxygen atoms in total. The Morgan fingerprint density at radius 3 is 2.79 bits per heavy atom. The van der Waals surface area contributed by atoms with Crippen molar-refractivity contribution in [3.63, 3.8) is 0 Å². The second kappa shape index (κ2) is 5.33. The zero-order valence-electron chi connectivity index (χ0n) is 11.7. The molecule has 0 bridgehead atoms. The largest absolute Gasteiger partial charge is 0.343 e. The monoisotopic (exact) mass is 282 g/mol. The third kappa shape index (κ3) is 2.66. The highest BCUT2D eigenvalue weighted by atomic mass is 35.5. The van der Waals surface area contributed by atoms with Gasteiger partial charge >= 0.3 is 0 Å². The molecule has 19 heavy (non-hydrogen) atoms. The second-order valence-electron chi connectivity index (χ2n) is 5.30. The standard InChI is InChI=1S/C13H19ClN4O/c1-8(2)5-6-18-9(3)12(19)17(4)10-7-15-13(14)16-11(10)18/h7-9H,5-6H2,1-4H3/t9-/m1/s1. The fourth-order valence-electron chi connectivity index (χ4n) is 2.21. The third-order valence-electron chi connectivity index (χ3n) is 3.46. The summed E-state index contributed by atoms with van der Waals surface area (Å²) in [5.74, 6) is 1.38. The van der Waals surface area contributed by atoms with E-state index < -0.39 is 0 Å². The minimum atomic E-state index is -0.220. The Kier molecular flexibility index (Phi) is 3.94. The highest BCUT2D eigenvalue weighted by Crippen LogP contribution is 2.33. The smallest absolute Gasteiger partial charge is 0.249 e. The lowest BCUT2D eigenvalue weighted by molar-refractivity contribution is -0.119. The number of halogens is 1. The van der Waals surface area contributed by atoms with Gasteiger partial charge in [-0.2, -0.15) is 4.98 Å². The van der Waals surface area contributed by atoms with Crippen molar-refractivity contribution in [3.8, 4) is 0 Å². The first-order chi connectivity index (χ1) is 8.91. The molecule has 0 fully saturated rings. The lowest BCUT2D eigenvalue weighted by atomic mass is 10.1. The maximum absolute atomic E-state index is 12.2. The quantitative estimate of drug-likeness (QED) is 0.799. The number of anilines is 2. The summed E-state index contributed by atoms with van der Waals surface area (Å²) in [5, 5.41) is 0.211. The van der Waals surface area contributed by atoms with E-state index in [-0.39, 0.29) is 17.2 Å². The van der Waals surface area contributed by atoms with E-state index in [1.165, 1.54) is 0 Å². The minimum Gasteiger partial charge on any atom is -0.343 e. The van der Waals surface area contributed by atoms with Crippen LogP contribution in [-0.4, -0.2) is 35.5 Å². The van der Waals surface area contributed by atoms with Crippen LogP contribution in [-0.2, 0) is 4.79 Å². The molecule has 1 aliphatic heterocycles. The van der Waals surface area contributed by atoms with Crippen molar-refractivity contribution in [3.05, 3.63) is 11.5 Å². The van der Waals surface area contributed by atoms with Crippen molar-refractivity contribution in [1.29, 1.82) is 0 Å². The molecule has 1 aromatic rings. The van der Waals surface area contributed by atoms with Crippen LogP contribution in [0.5, 0.6) is 0 Å². The van der Waals surface area contributed by atoms with Gasteiger partial charge in [-0.05, 0) is 30.9 Å². The van der Waals surface area contributed by atoms with Gasteiger partial charge in [0.1, 0.15) is 11.7 Å². The van der Waals surface area contributed by atoms with E-state index >= 15 is 0 Å². The summed E-state index contributed by atoms with van der Waals surface area (Å²) in [6.45, 7) is 7.02. The minimum absolute atomic E-state index is 0.0576. The zero-order chi connectivity index (χ0) is 14.2. The van der Waals surface area contributed by atoms with Gasteiger partial charge in [-0.1, -0.05) is 13.8 Å². The molecule has 2 rings (SSSR count). The Morgan fingerprint density at radius 2 is 2.16 bits per heavy atom. The molecule has 0 saturated carbocycles. The van der Waals surface area contributed by atoms with E-state index in [4.69, 9.17) is 11.6 Å². The van der Waals surface area contributed by atoms with Crippen LogP contribution in [0.3, 0.4) is 0 Å².